The zero-order chi connectivity index (χ0) is 13.0. The largest absolute Gasteiger partial charge is 0.496 e. The van der Waals surface area contributed by atoms with E-state index in [2.05, 4.69) is 17.1 Å². The molecule has 0 atom stereocenters. The Morgan fingerprint density at radius 1 is 1.17 bits per heavy atom. The zero-order valence-corrected chi connectivity index (χ0v) is 10.9. The first-order valence-corrected chi connectivity index (χ1v) is 5.91. The first-order valence-electron chi connectivity index (χ1n) is 5.91. The number of nitrogens with zero attached hydrogens (tertiary/aromatic N) is 3. The van der Waals surface area contributed by atoms with Gasteiger partial charge in [0, 0.05) is 6.54 Å². The Morgan fingerprint density at radius 3 is 2.39 bits per heavy atom. The molecule has 0 spiro atoms. The van der Waals surface area contributed by atoms with Crippen LogP contribution in [0.4, 0.5) is 0 Å². The van der Waals surface area contributed by atoms with Crippen molar-refractivity contribution in [1.82, 2.24) is 14.8 Å². The van der Waals surface area contributed by atoms with Gasteiger partial charge in [0.2, 0.25) is 0 Å². The quantitative estimate of drug-likeness (QED) is 0.814. The SMILES string of the molecule is CCCn1cnnc1-c1c(OC)cccc1OC. The van der Waals surface area contributed by atoms with Crippen LogP contribution in [0.25, 0.3) is 11.4 Å². The van der Waals surface area contributed by atoms with Gasteiger partial charge in [-0.25, -0.2) is 0 Å². The Kier molecular flexibility index (Phi) is 3.82. The monoisotopic (exact) mass is 247 g/mol. The molecule has 0 fully saturated rings. The zero-order valence-electron chi connectivity index (χ0n) is 10.9. The van der Waals surface area contributed by atoms with Gasteiger partial charge in [-0.3, -0.25) is 0 Å². The third-order valence-electron chi connectivity index (χ3n) is 2.73. The summed E-state index contributed by atoms with van der Waals surface area (Å²) in [6.45, 7) is 2.98. The number of methoxy groups -OCH3 is 2. The number of ether oxygens (including phenoxy) is 2. The van der Waals surface area contributed by atoms with Crippen molar-refractivity contribution >= 4 is 0 Å². The van der Waals surface area contributed by atoms with Gasteiger partial charge < -0.3 is 14.0 Å². The van der Waals surface area contributed by atoms with E-state index in [0.717, 1.165) is 35.9 Å². The number of hydrogen-bond acceptors (Lipinski definition) is 4. The van der Waals surface area contributed by atoms with Crippen molar-refractivity contribution in [2.24, 2.45) is 0 Å². The third kappa shape index (κ3) is 2.16. The predicted octanol–water partition coefficient (Wildman–Crippen LogP) is 2.37. The van der Waals surface area contributed by atoms with Crippen LogP contribution in [0.2, 0.25) is 0 Å². The molecule has 0 aliphatic heterocycles. The molecule has 18 heavy (non-hydrogen) atoms. The lowest BCUT2D eigenvalue weighted by atomic mass is 10.1. The van der Waals surface area contributed by atoms with E-state index >= 15 is 0 Å². The van der Waals surface area contributed by atoms with Crippen LogP contribution in [0, 0.1) is 0 Å². The van der Waals surface area contributed by atoms with Gasteiger partial charge >= 0.3 is 0 Å². The minimum absolute atomic E-state index is 0.736. The molecular weight excluding hydrogens is 230 g/mol. The first-order chi connectivity index (χ1) is 8.81. The van der Waals surface area contributed by atoms with Crippen molar-refractivity contribution in [2.45, 2.75) is 19.9 Å². The summed E-state index contributed by atoms with van der Waals surface area (Å²) < 4.78 is 12.8. The normalized spacial score (nSPS) is 10.4. The first kappa shape index (κ1) is 12.4. The van der Waals surface area contributed by atoms with Gasteiger partial charge in [-0.05, 0) is 18.6 Å². The molecule has 5 heteroatoms. The van der Waals surface area contributed by atoms with E-state index in [4.69, 9.17) is 9.47 Å². The highest BCUT2D eigenvalue weighted by Crippen LogP contribution is 2.36. The second-order valence-electron chi connectivity index (χ2n) is 3.89. The van der Waals surface area contributed by atoms with Gasteiger partial charge in [-0.15, -0.1) is 10.2 Å². The molecule has 1 aromatic heterocycles. The summed E-state index contributed by atoms with van der Waals surface area (Å²) in [5.41, 5.74) is 0.841. The topological polar surface area (TPSA) is 49.2 Å². The van der Waals surface area contributed by atoms with Crippen LogP contribution >= 0.6 is 0 Å². The highest BCUT2D eigenvalue weighted by atomic mass is 16.5. The van der Waals surface area contributed by atoms with E-state index in [0.29, 0.717) is 0 Å². The molecule has 0 amide bonds. The molecule has 1 aromatic carbocycles. The molecule has 2 aromatic rings. The van der Waals surface area contributed by atoms with Crippen LogP contribution in [-0.2, 0) is 6.54 Å². The molecule has 0 unspecified atom stereocenters. The van der Waals surface area contributed by atoms with Crippen molar-refractivity contribution < 1.29 is 9.47 Å². The van der Waals surface area contributed by atoms with E-state index in [-0.39, 0.29) is 0 Å². The van der Waals surface area contributed by atoms with Gasteiger partial charge in [-0.2, -0.15) is 0 Å². The van der Waals surface area contributed by atoms with E-state index in [1.165, 1.54) is 0 Å². The summed E-state index contributed by atoms with van der Waals surface area (Å²) in [6, 6.07) is 5.67. The number of aromatic nitrogens is 3. The minimum atomic E-state index is 0.736. The average Bonchev–Trinajstić information content (AvgIpc) is 2.86. The maximum atomic E-state index is 5.38. The van der Waals surface area contributed by atoms with Gasteiger partial charge in [0.15, 0.2) is 5.82 Å². The molecule has 0 N–H and O–H groups in total. The summed E-state index contributed by atoms with van der Waals surface area (Å²) in [5, 5.41) is 8.15. The number of hydrogen-bond donors (Lipinski definition) is 0. The highest BCUT2D eigenvalue weighted by Gasteiger charge is 2.17. The molecule has 0 bridgehead atoms. The Morgan fingerprint density at radius 2 is 1.83 bits per heavy atom. The second kappa shape index (κ2) is 5.53. The predicted molar refractivity (Wildman–Crippen MR) is 68.9 cm³/mol. The molecule has 96 valence electrons. The van der Waals surface area contributed by atoms with Gasteiger partial charge in [-0.1, -0.05) is 13.0 Å². The highest BCUT2D eigenvalue weighted by molar-refractivity contribution is 5.72. The summed E-state index contributed by atoms with van der Waals surface area (Å²) >= 11 is 0. The van der Waals surface area contributed by atoms with Crippen LogP contribution in [0.3, 0.4) is 0 Å². The maximum absolute atomic E-state index is 5.38. The second-order valence-corrected chi connectivity index (χ2v) is 3.89. The third-order valence-corrected chi connectivity index (χ3v) is 2.73. The smallest absolute Gasteiger partial charge is 0.171 e. The Bertz CT molecular complexity index is 500. The van der Waals surface area contributed by atoms with Crippen molar-refractivity contribution in [3.63, 3.8) is 0 Å². The minimum Gasteiger partial charge on any atom is -0.496 e. The van der Waals surface area contributed by atoms with E-state index in [1.807, 2.05) is 22.8 Å². The number of rotatable bonds is 5. The fourth-order valence-corrected chi connectivity index (χ4v) is 1.92. The molecule has 0 saturated carbocycles. The molecule has 0 saturated heterocycles. The Labute approximate surface area is 106 Å². The van der Waals surface area contributed by atoms with Crippen LogP contribution in [0.15, 0.2) is 24.5 Å². The molecule has 1 heterocycles. The Balaban J connectivity index is 2.57. The van der Waals surface area contributed by atoms with Crippen LogP contribution in [0.1, 0.15) is 13.3 Å². The molecule has 2 rings (SSSR count). The van der Waals surface area contributed by atoms with Gasteiger partial charge in [0.05, 0.1) is 14.2 Å². The number of benzene rings is 1. The van der Waals surface area contributed by atoms with Crippen LogP contribution < -0.4 is 9.47 Å². The van der Waals surface area contributed by atoms with E-state index in [1.54, 1.807) is 20.5 Å². The lowest BCUT2D eigenvalue weighted by Gasteiger charge is -2.13. The molecule has 0 aliphatic carbocycles. The fraction of sp³-hybridized carbons (Fsp3) is 0.385. The average molecular weight is 247 g/mol. The van der Waals surface area contributed by atoms with E-state index < -0.39 is 0 Å². The van der Waals surface area contributed by atoms with Crippen LogP contribution in [0.5, 0.6) is 11.5 Å². The number of aryl methyl sites for hydroxylation is 1. The van der Waals surface area contributed by atoms with Crippen molar-refractivity contribution in [2.75, 3.05) is 14.2 Å². The summed E-state index contributed by atoms with van der Waals surface area (Å²) in [7, 11) is 3.28. The van der Waals surface area contributed by atoms with Crippen LogP contribution in [-0.4, -0.2) is 29.0 Å². The fourth-order valence-electron chi connectivity index (χ4n) is 1.92. The van der Waals surface area contributed by atoms with Gasteiger partial charge in [0.25, 0.3) is 0 Å². The Hall–Kier alpha value is -2.04. The van der Waals surface area contributed by atoms with Gasteiger partial charge in [0.1, 0.15) is 23.4 Å². The lowest BCUT2D eigenvalue weighted by molar-refractivity contribution is 0.396. The van der Waals surface area contributed by atoms with Crippen molar-refractivity contribution in [3.8, 4) is 22.9 Å². The lowest BCUT2D eigenvalue weighted by Crippen LogP contribution is -2.01. The van der Waals surface area contributed by atoms with Crippen molar-refractivity contribution in [3.05, 3.63) is 24.5 Å². The maximum Gasteiger partial charge on any atom is 0.171 e. The summed E-state index contributed by atoms with van der Waals surface area (Å²) in [4.78, 5) is 0. The molecule has 5 nitrogen and oxygen atoms in total. The van der Waals surface area contributed by atoms with Crippen molar-refractivity contribution in [1.29, 1.82) is 0 Å². The summed E-state index contributed by atoms with van der Waals surface area (Å²) in [5.74, 6) is 2.24. The van der Waals surface area contributed by atoms with E-state index in [9.17, 15) is 0 Å². The summed E-state index contributed by atoms with van der Waals surface area (Å²) in [6.07, 6.45) is 2.74. The molecular formula is C13H17N3O2. The molecule has 0 aliphatic rings. The molecule has 0 radical (unpaired) electrons. The standard InChI is InChI=1S/C13H17N3O2/c1-4-8-16-9-14-15-13(16)12-10(17-2)6-5-7-11(12)18-3/h5-7,9H,4,8H2,1-3H3.